The van der Waals surface area contributed by atoms with E-state index in [-0.39, 0.29) is 5.95 Å². The Morgan fingerprint density at radius 2 is 1.86 bits per heavy atom. The second kappa shape index (κ2) is 9.84. The third-order valence-corrected chi connectivity index (χ3v) is 5.12. The zero-order valence-corrected chi connectivity index (χ0v) is 17.9. The van der Waals surface area contributed by atoms with Gasteiger partial charge in [-0.2, -0.15) is 4.98 Å². The predicted molar refractivity (Wildman–Crippen MR) is 118 cm³/mol. The average Bonchev–Trinajstić information content (AvgIpc) is 2.71. The van der Waals surface area contributed by atoms with E-state index in [1.807, 2.05) is 24.4 Å². The molecule has 2 aromatic rings. The van der Waals surface area contributed by atoms with Crippen molar-refractivity contribution in [1.82, 2.24) is 19.9 Å². The molecular formula is C21H33N7O. The summed E-state index contributed by atoms with van der Waals surface area (Å²) < 4.78 is 5.40. The highest BCUT2D eigenvalue weighted by Crippen LogP contribution is 2.22. The molecule has 0 atom stereocenters. The summed E-state index contributed by atoms with van der Waals surface area (Å²) in [6.45, 7) is 13.8. The van der Waals surface area contributed by atoms with Crippen molar-refractivity contribution in [2.24, 2.45) is 0 Å². The Labute approximate surface area is 173 Å². The van der Waals surface area contributed by atoms with Gasteiger partial charge in [0, 0.05) is 56.1 Å². The Bertz CT molecular complexity index is 765. The first-order chi connectivity index (χ1) is 13.9. The molecule has 1 fully saturated rings. The van der Waals surface area contributed by atoms with Crippen molar-refractivity contribution in [3.63, 3.8) is 0 Å². The van der Waals surface area contributed by atoms with Gasteiger partial charge in [0.25, 0.3) is 0 Å². The van der Waals surface area contributed by atoms with Gasteiger partial charge in [0.15, 0.2) is 0 Å². The fourth-order valence-electron chi connectivity index (χ4n) is 3.65. The minimum atomic E-state index is 0.256. The molecule has 158 valence electrons. The fraction of sp³-hybridized carbons (Fsp3) is 0.571. The number of morpholine rings is 1. The Morgan fingerprint density at radius 3 is 2.48 bits per heavy atom. The maximum atomic E-state index is 5.96. The first kappa shape index (κ1) is 21.3. The lowest BCUT2D eigenvalue weighted by molar-refractivity contribution is 0.122. The van der Waals surface area contributed by atoms with E-state index < -0.39 is 0 Å². The van der Waals surface area contributed by atoms with Crippen LogP contribution in [0.3, 0.4) is 0 Å². The summed E-state index contributed by atoms with van der Waals surface area (Å²) in [7, 11) is 0. The minimum absolute atomic E-state index is 0.256. The molecule has 0 spiro atoms. The third kappa shape index (κ3) is 5.77. The SMILES string of the molecule is CC(C)N(CCNc1cc(-c2ccc(N3CCOCC3)nc2)nc(N)n1)C(C)C. The summed E-state index contributed by atoms with van der Waals surface area (Å²) in [6, 6.07) is 6.98. The van der Waals surface area contributed by atoms with E-state index >= 15 is 0 Å². The van der Waals surface area contributed by atoms with E-state index in [9.17, 15) is 0 Å². The summed E-state index contributed by atoms with van der Waals surface area (Å²) in [6.07, 6.45) is 1.84. The van der Waals surface area contributed by atoms with Crippen LogP contribution >= 0.6 is 0 Å². The van der Waals surface area contributed by atoms with Crippen LogP contribution in [0.5, 0.6) is 0 Å². The van der Waals surface area contributed by atoms with Crippen molar-refractivity contribution in [1.29, 1.82) is 0 Å². The maximum Gasteiger partial charge on any atom is 0.222 e. The number of anilines is 3. The highest BCUT2D eigenvalue weighted by molar-refractivity contribution is 5.64. The van der Waals surface area contributed by atoms with E-state index in [0.29, 0.717) is 12.1 Å². The number of nitrogen functional groups attached to an aromatic ring is 1. The van der Waals surface area contributed by atoms with Crippen LogP contribution in [0.2, 0.25) is 0 Å². The van der Waals surface area contributed by atoms with Crippen molar-refractivity contribution in [3.8, 4) is 11.3 Å². The fourth-order valence-corrected chi connectivity index (χ4v) is 3.65. The van der Waals surface area contributed by atoms with E-state index in [2.05, 4.69) is 57.8 Å². The lowest BCUT2D eigenvalue weighted by Crippen LogP contribution is -2.40. The molecule has 8 heteroatoms. The quantitative estimate of drug-likeness (QED) is 0.699. The number of nitrogens with zero attached hydrogens (tertiary/aromatic N) is 5. The number of hydrogen-bond acceptors (Lipinski definition) is 8. The molecule has 3 rings (SSSR count). The zero-order valence-electron chi connectivity index (χ0n) is 17.9. The Balaban J connectivity index is 1.67. The molecule has 0 unspecified atom stereocenters. The molecular weight excluding hydrogens is 366 g/mol. The Hall–Kier alpha value is -2.45. The highest BCUT2D eigenvalue weighted by atomic mass is 16.5. The molecule has 0 aliphatic carbocycles. The van der Waals surface area contributed by atoms with Gasteiger partial charge in [-0.15, -0.1) is 0 Å². The van der Waals surface area contributed by atoms with E-state index in [1.54, 1.807) is 0 Å². The van der Waals surface area contributed by atoms with Crippen molar-refractivity contribution in [2.75, 3.05) is 55.3 Å². The molecule has 3 heterocycles. The standard InChI is InChI=1S/C21H33N7O/c1-15(2)28(16(3)4)8-7-23-19-13-18(25-21(22)26-19)17-5-6-20(24-14-17)27-9-11-29-12-10-27/h5-6,13-16H,7-12H2,1-4H3,(H3,22,23,25,26). The van der Waals surface area contributed by atoms with Crippen molar-refractivity contribution < 1.29 is 4.74 Å². The second-order valence-corrected chi connectivity index (χ2v) is 7.85. The number of nitrogens with one attached hydrogen (secondary N) is 1. The highest BCUT2D eigenvalue weighted by Gasteiger charge is 2.14. The van der Waals surface area contributed by atoms with Crippen LogP contribution in [0.15, 0.2) is 24.4 Å². The first-order valence-corrected chi connectivity index (χ1v) is 10.4. The van der Waals surface area contributed by atoms with Crippen LogP contribution in [0.25, 0.3) is 11.3 Å². The smallest absolute Gasteiger partial charge is 0.222 e. The van der Waals surface area contributed by atoms with Gasteiger partial charge in [0.05, 0.1) is 18.9 Å². The molecule has 0 amide bonds. The molecule has 0 saturated carbocycles. The predicted octanol–water partition coefficient (Wildman–Crippen LogP) is 2.49. The molecule has 1 aliphatic heterocycles. The number of pyridine rings is 1. The van der Waals surface area contributed by atoms with E-state index in [4.69, 9.17) is 10.5 Å². The largest absolute Gasteiger partial charge is 0.378 e. The molecule has 0 radical (unpaired) electrons. The van der Waals surface area contributed by atoms with Crippen molar-refractivity contribution >= 4 is 17.6 Å². The van der Waals surface area contributed by atoms with Crippen molar-refractivity contribution in [3.05, 3.63) is 24.4 Å². The average molecular weight is 400 g/mol. The zero-order chi connectivity index (χ0) is 20.8. The van der Waals surface area contributed by atoms with Gasteiger partial charge < -0.3 is 20.7 Å². The molecule has 1 aliphatic rings. The minimum Gasteiger partial charge on any atom is -0.378 e. The monoisotopic (exact) mass is 399 g/mol. The normalized spacial score (nSPS) is 14.8. The molecule has 0 bridgehead atoms. The van der Waals surface area contributed by atoms with Crippen LogP contribution in [-0.4, -0.2) is 71.3 Å². The summed E-state index contributed by atoms with van der Waals surface area (Å²) in [4.78, 5) is 18.0. The molecule has 0 aromatic carbocycles. The van der Waals surface area contributed by atoms with Crippen LogP contribution in [0, 0.1) is 0 Å². The second-order valence-electron chi connectivity index (χ2n) is 7.85. The summed E-state index contributed by atoms with van der Waals surface area (Å²) in [5, 5.41) is 3.38. The van der Waals surface area contributed by atoms with E-state index in [1.165, 1.54) is 0 Å². The van der Waals surface area contributed by atoms with Crippen molar-refractivity contribution in [2.45, 2.75) is 39.8 Å². The third-order valence-electron chi connectivity index (χ3n) is 5.12. The van der Waals surface area contributed by atoms with Gasteiger partial charge in [-0.1, -0.05) is 0 Å². The van der Waals surface area contributed by atoms with Gasteiger partial charge in [-0.05, 0) is 39.8 Å². The topological polar surface area (TPSA) is 92.4 Å². The number of aromatic nitrogens is 3. The summed E-state index contributed by atoms with van der Waals surface area (Å²) in [5.41, 5.74) is 7.65. The molecule has 8 nitrogen and oxygen atoms in total. The summed E-state index contributed by atoms with van der Waals surface area (Å²) in [5.74, 6) is 1.95. The lowest BCUT2D eigenvalue weighted by atomic mass is 10.2. The first-order valence-electron chi connectivity index (χ1n) is 10.4. The van der Waals surface area contributed by atoms with Gasteiger partial charge in [-0.3, -0.25) is 4.90 Å². The molecule has 1 saturated heterocycles. The summed E-state index contributed by atoms with van der Waals surface area (Å²) >= 11 is 0. The van der Waals surface area contributed by atoms with Gasteiger partial charge in [0.1, 0.15) is 11.6 Å². The van der Waals surface area contributed by atoms with Gasteiger partial charge >= 0.3 is 0 Å². The molecule has 29 heavy (non-hydrogen) atoms. The Morgan fingerprint density at radius 1 is 1.14 bits per heavy atom. The molecule has 3 N–H and O–H groups in total. The van der Waals surface area contributed by atoms with Gasteiger partial charge in [0.2, 0.25) is 5.95 Å². The van der Waals surface area contributed by atoms with Gasteiger partial charge in [-0.25, -0.2) is 9.97 Å². The number of ether oxygens (including phenoxy) is 1. The van der Waals surface area contributed by atoms with Crippen LogP contribution < -0.4 is 16.0 Å². The Kier molecular flexibility index (Phi) is 7.22. The molecule has 2 aromatic heterocycles. The lowest BCUT2D eigenvalue weighted by Gasteiger charge is -2.30. The maximum absolute atomic E-state index is 5.96. The van der Waals surface area contributed by atoms with E-state index in [0.717, 1.165) is 62.3 Å². The van der Waals surface area contributed by atoms with Crippen LogP contribution in [0.1, 0.15) is 27.7 Å². The number of hydrogen-bond donors (Lipinski definition) is 2. The number of rotatable bonds is 8. The van der Waals surface area contributed by atoms with Crippen LogP contribution in [0.4, 0.5) is 17.6 Å². The number of nitrogens with two attached hydrogens (primary N) is 1. The van der Waals surface area contributed by atoms with Crippen LogP contribution in [-0.2, 0) is 4.74 Å².